The molecule has 0 saturated carbocycles. The number of pyridine rings is 1. The molecule has 1 saturated heterocycles. The lowest BCUT2D eigenvalue weighted by Crippen LogP contribution is -2.46. The normalized spacial score (nSPS) is 15.6. The predicted octanol–water partition coefficient (Wildman–Crippen LogP) is 4.22. The quantitative estimate of drug-likeness (QED) is 0.638. The van der Waals surface area contributed by atoms with Crippen LogP contribution in [0, 0.1) is 5.92 Å². The van der Waals surface area contributed by atoms with Gasteiger partial charge in [0.1, 0.15) is 10.3 Å². The average Bonchev–Trinajstić information content (AvgIpc) is 2.67. The molecule has 3 rings (SSSR count). The van der Waals surface area contributed by atoms with Crippen LogP contribution in [0.4, 0.5) is 5.69 Å². The topological polar surface area (TPSA) is 74.3 Å². The van der Waals surface area contributed by atoms with Crippen molar-refractivity contribution in [3.8, 4) is 0 Å². The van der Waals surface area contributed by atoms with E-state index >= 15 is 0 Å². The molecule has 1 aliphatic rings. The van der Waals surface area contributed by atoms with E-state index in [1.54, 1.807) is 18.2 Å². The predicted molar refractivity (Wildman–Crippen MR) is 122 cm³/mol. The highest BCUT2D eigenvalue weighted by Crippen LogP contribution is 2.21. The fourth-order valence-corrected chi connectivity index (χ4v) is 3.90. The summed E-state index contributed by atoms with van der Waals surface area (Å²) in [5.41, 5.74) is 2.06. The van der Waals surface area contributed by atoms with Crippen molar-refractivity contribution in [2.24, 2.45) is 5.92 Å². The minimum Gasteiger partial charge on any atom is -0.351 e. The Labute approximate surface area is 186 Å². The van der Waals surface area contributed by atoms with Gasteiger partial charge in [0.25, 0.3) is 5.91 Å². The molecule has 1 aromatic heterocycles. The molecule has 1 fully saturated rings. The first-order valence-corrected chi connectivity index (χ1v) is 11.1. The number of piperidine rings is 1. The van der Waals surface area contributed by atoms with Gasteiger partial charge >= 0.3 is 0 Å². The summed E-state index contributed by atoms with van der Waals surface area (Å²) in [6.07, 6.45) is 1.74. The maximum absolute atomic E-state index is 12.4. The Morgan fingerprint density at radius 1 is 1.13 bits per heavy atom. The SMILES string of the molecule is CC(C)(C)NC(=O)C1CCN(Cc2cccc(NC(=O)c3cccc(Br)n3)c2)CC1. The standard InChI is InChI=1S/C23H29BrN4O2/c1-23(2,3)27-21(29)17-10-12-28(13-11-17)15-16-6-4-7-18(14-16)25-22(30)19-8-5-9-20(24)26-19/h4-9,14,17H,10-13,15H2,1-3H3,(H,25,30)(H,27,29). The molecule has 0 radical (unpaired) electrons. The van der Waals surface area contributed by atoms with Crippen LogP contribution in [0.3, 0.4) is 0 Å². The highest BCUT2D eigenvalue weighted by atomic mass is 79.9. The second-order valence-corrected chi connectivity index (χ2v) is 9.60. The number of benzene rings is 1. The summed E-state index contributed by atoms with van der Waals surface area (Å²) in [4.78, 5) is 31.4. The first kappa shape index (κ1) is 22.4. The van der Waals surface area contributed by atoms with Crippen molar-refractivity contribution in [1.82, 2.24) is 15.2 Å². The number of anilines is 1. The summed E-state index contributed by atoms with van der Waals surface area (Å²) in [5, 5.41) is 6.00. The van der Waals surface area contributed by atoms with Crippen molar-refractivity contribution in [2.45, 2.75) is 45.7 Å². The smallest absolute Gasteiger partial charge is 0.274 e. The van der Waals surface area contributed by atoms with E-state index < -0.39 is 0 Å². The van der Waals surface area contributed by atoms with E-state index in [1.165, 1.54) is 0 Å². The number of hydrogen-bond donors (Lipinski definition) is 2. The molecule has 2 N–H and O–H groups in total. The number of amides is 2. The second kappa shape index (κ2) is 9.71. The Kier molecular flexibility index (Phi) is 7.26. The third kappa shape index (κ3) is 6.64. The Balaban J connectivity index is 1.53. The number of aromatic nitrogens is 1. The van der Waals surface area contributed by atoms with Gasteiger partial charge in [-0.25, -0.2) is 4.98 Å². The lowest BCUT2D eigenvalue weighted by molar-refractivity contribution is -0.127. The van der Waals surface area contributed by atoms with Crippen molar-refractivity contribution in [3.05, 3.63) is 58.3 Å². The van der Waals surface area contributed by atoms with Crippen LogP contribution in [0.5, 0.6) is 0 Å². The maximum atomic E-state index is 12.4. The third-order valence-electron chi connectivity index (χ3n) is 5.00. The summed E-state index contributed by atoms with van der Waals surface area (Å²) in [6.45, 7) is 8.61. The van der Waals surface area contributed by atoms with Gasteiger partial charge in [0.15, 0.2) is 0 Å². The number of carbonyl (C=O) groups excluding carboxylic acids is 2. The molecule has 0 spiro atoms. The molecule has 0 atom stereocenters. The number of rotatable bonds is 5. The van der Waals surface area contributed by atoms with Crippen LogP contribution < -0.4 is 10.6 Å². The van der Waals surface area contributed by atoms with Gasteiger partial charge in [-0.2, -0.15) is 0 Å². The molecule has 0 aliphatic carbocycles. The van der Waals surface area contributed by atoms with Crippen molar-refractivity contribution in [2.75, 3.05) is 18.4 Å². The van der Waals surface area contributed by atoms with Crippen LogP contribution in [0.15, 0.2) is 47.1 Å². The number of halogens is 1. The molecule has 2 heterocycles. The van der Waals surface area contributed by atoms with Crippen molar-refractivity contribution in [1.29, 1.82) is 0 Å². The fourth-order valence-electron chi connectivity index (χ4n) is 3.56. The Bertz CT molecular complexity index is 902. The molecule has 160 valence electrons. The molecule has 6 nitrogen and oxygen atoms in total. The van der Waals surface area contributed by atoms with Gasteiger partial charge < -0.3 is 10.6 Å². The van der Waals surface area contributed by atoms with Gasteiger partial charge in [0, 0.05) is 23.7 Å². The summed E-state index contributed by atoms with van der Waals surface area (Å²) in [7, 11) is 0. The van der Waals surface area contributed by atoms with Crippen molar-refractivity contribution < 1.29 is 9.59 Å². The highest BCUT2D eigenvalue weighted by Gasteiger charge is 2.27. The van der Waals surface area contributed by atoms with Gasteiger partial charge in [0.2, 0.25) is 5.91 Å². The summed E-state index contributed by atoms with van der Waals surface area (Å²) < 4.78 is 0.628. The molecule has 2 amide bonds. The van der Waals surface area contributed by atoms with Crippen molar-refractivity contribution in [3.63, 3.8) is 0 Å². The first-order valence-electron chi connectivity index (χ1n) is 10.3. The molecule has 2 aromatic rings. The molecule has 0 bridgehead atoms. The van der Waals surface area contributed by atoms with E-state index in [1.807, 2.05) is 39.0 Å². The van der Waals surface area contributed by atoms with Gasteiger partial charge in [-0.05, 0) is 92.5 Å². The van der Waals surface area contributed by atoms with Gasteiger partial charge in [-0.15, -0.1) is 0 Å². The zero-order valence-electron chi connectivity index (χ0n) is 17.7. The Hall–Kier alpha value is -2.25. The molecular weight excluding hydrogens is 444 g/mol. The average molecular weight is 473 g/mol. The summed E-state index contributed by atoms with van der Waals surface area (Å²) >= 11 is 3.29. The number of carbonyl (C=O) groups is 2. The zero-order valence-corrected chi connectivity index (χ0v) is 19.3. The van der Waals surface area contributed by atoms with Crippen LogP contribution >= 0.6 is 15.9 Å². The molecular formula is C23H29BrN4O2. The monoisotopic (exact) mass is 472 g/mol. The van der Waals surface area contributed by atoms with Crippen LogP contribution in [-0.4, -0.2) is 40.3 Å². The van der Waals surface area contributed by atoms with E-state index in [0.29, 0.717) is 10.3 Å². The summed E-state index contributed by atoms with van der Waals surface area (Å²) in [6, 6.07) is 13.1. The van der Waals surface area contributed by atoms with E-state index in [4.69, 9.17) is 0 Å². The lowest BCUT2D eigenvalue weighted by atomic mass is 9.94. The first-order chi connectivity index (χ1) is 14.2. The number of nitrogens with zero attached hydrogens (tertiary/aromatic N) is 2. The second-order valence-electron chi connectivity index (χ2n) is 8.79. The minimum absolute atomic E-state index is 0.0868. The highest BCUT2D eigenvalue weighted by molar-refractivity contribution is 9.10. The maximum Gasteiger partial charge on any atom is 0.274 e. The molecule has 1 aliphatic heterocycles. The minimum atomic E-state index is -0.237. The lowest BCUT2D eigenvalue weighted by Gasteiger charge is -2.33. The van der Waals surface area contributed by atoms with E-state index in [2.05, 4.69) is 42.5 Å². The molecule has 1 aromatic carbocycles. The molecule has 0 unspecified atom stereocenters. The van der Waals surface area contributed by atoms with Crippen LogP contribution in [-0.2, 0) is 11.3 Å². The molecule has 30 heavy (non-hydrogen) atoms. The Morgan fingerprint density at radius 3 is 2.50 bits per heavy atom. The largest absolute Gasteiger partial charge is 0.351 e. The van der Waals surface area contributed by atoms with Crippen LogP contribution in [0.2, 0.25) is 0 Å². The zero-order chi connectivity index (χ0) is 21.7. The number of nitrogens with one attached hydrogen (secondary N) is 2. The van der Waals surface area contributed by atoms with Gasteiger partial charge in [-0.3, -0.25) is 14.5 Å². The van der Waals surface area contributed by atoms with E-state index in [0.717, 1.165) is 43.7 Å². The van der Waals surface area contributed by atoms with Crippen LogP contribution in [0.25, 0.3) is 0 Å². The Morgan fingerprint density at radius 2 is 1.83 bits per heavy atom. The van der Waals surface area contributed by atoms with Gasteiger partial charge in [-0.1, -0.05) is 18.2 Å². The number of hydrogen-bond acceptors (Lipinski definition) is 4. The van der Waals surface area contributed by atoms with Crippen molar-refractivity contribution >= 4 is 33.4 Å². The van der Waals surface area contributed by atoms with Crippen LogP contribution in [0.1, 0.15) is 49.7 Å². The van der Waals surface area contributed by atoms with Gasteiger partial charge in [0.05, 0.1) is 0 Å². The summed E-state index contributed by atoms with van der Waals surface area (Å²) in [5.74, 6) is 0.0101. The van der Waals surface area contributed by atoms with E-state index in [-0.39, 0.29) is 23.3 Å². The number of likely N-dealkylation sites (tertiary alicyclic amines) is 1. The van der Waals surface area contributed by atoms with E-state index in [9.17, 15) is 9.59 Å². The molecule has 7 heteroatoms. The third-order valence-corrected chi connectivity index (χ3v) is 5.44. The fraction of sp³-hybridized carbons (Fsp3) is 0.435.